The average molecular weight is 255 g/mol. The highest BCUT2D eigenvalue weighted by molar-refractivity contribution is 5.85. The molecule has 1 saturated heterocycles. The molecule has 2 N–H and O–H groups in total. The molecular formula is C13H19ClN2O. The molecule has 1 heterocycles. The minimum absolute atomic E-state index is 0. The summed E-state index contributed by atoms with van der Waals surface area (Å²) in [5, 5.41) is 6.18. The van der Waals surface area contributed by atoms with Crippen LogP contribution >= 0.6 is 12.4 Å². The van der Waals surface area contributed by atoms with Gasteiger partial charge in [0.2, 0.25) is 5.91 Å². The van der Waals surface area contributed by atoms with Crippen molar-refractivity contribution >= 4 is 18.3 Å². The summed E-state index contributed by atoms with van der Waals surface area (Å²) >= 11 is 0. The van der Waals surface area contributed by atoms with Gasteiger partial charge in [0.25, 0.3) is 0 Å². The Morgan fingerprint density at radius 2 is 2.24 bits per heavy atom. The molecule has 0 aliphatic carbocycles. The number of carbonyl (C=O) groups excluding carboxylic acids is 1. The predicted octanol–water partition coefficient (Wildman–Crippen LogP) is 1.79. The normalized spacial score (nSPS) is 18.5. The molecule has 17 heavy (non-hydrogen) atoms. The molecule has 3 nitrogen and oxygen atoms in total. The summed E-state index contributed by atoms with van der Waals surface area (Å²) in [6, 6.07) is 8.15. The number of amides is 1. The summed E-state index contributed by atoms with van der Waals surface area (Å²) < 4.78 is 0. The van der Waals surface area contributed by atoms with Gasteiger partial charge in [0.15, 0.2) is 0 Å². The molecule has 94 valence electrons. The third-order valence-corrected chi connectivity index (χ3v) is 3.09. The van der Waals surface area contributed by atoms with Crippen LogP contribution in [0.3, 0.4) is 0 Å². The number of carbonyl (C=O) groups is 1. The van der Waals surface area contributed by atoms with Gasteiger partial charge in [-0.1, -0.05) is 24.3 Å². The molecule has 1 aliphatic heterocycles. The Bertz CT molecular complexity index is 375. The van der Waals surface area contributed by atoms with E-state index < -0.39 is 0 Å². The molecule has 0 aromatic heterocycles. The van der Waals surface area contributed by atoms with Crippen LogP contribution in [-0.4, -0.2) is 18.5 Å². The standard InChI is InChI=1S/C13H18N2O.ClH/c1-10-5-2-3-6-11(10)9-15-13(16)12-7-4-8-14-12;/h2-3,5-6,12,14H,4,7-9H2,1H3,(H,15,16);1H. The second-order valence-electron chi connectivity index (χ2n) is 4.29. The van der Waals surface area contributed by atoms with Crippen molar-refractivity contribution in [1.82, 2.24) is 10.6 Å². The Balaban J connectivity index is 0.00000144. The van der Waals surface area contributed by atoms with Crippen molar-refractivity contribution in [2.24, 2.45) is 0 Å². The van der Waals surface area contributed by atoms with E-state index in [9.17, 15) is 4.79 Å². The molecule has 1 aliphatic rings. The molecule has 0 bridgehead atoms. The maximum atomic E-state index is 11.8. The van der Waals surface area contributed by atoms with Crippen molar-refractivity contribution < 1.29 is 4.79 Å². The van der Waals surface area contributed by atoms with Crippen LogP contribution in [0.4, 0.5) is 0 Å². The third kappa shape index (κ3) is 3.72. The first-order chi connectivity index (χ1) is 7.77. The zero-order chi connectivity index (χ0) is 11.4. The van der Waals surface area contributed by atoms with Gasteiger partial charge in [-0.3, -0.25) is 4.79 Å². The van der Waals surface area contributed by atoms with Crippen LogP contribution < -0.4 is 10.6 Å². The fourth-order valence-electron chi connectivity index (χ4n) is 2.02. The molecule has 4 heteroatoms. The van der Waals surface area contributed by atoms with Crippen molar-refractivity contribution in [3.8, 4) is 0 Å². The molecule has 1 unspecified atom stereocenters. The van der Waals surface area contributed by atoms with Gasteiger partial charge in [-0.25, -0.2) is 0 Å². The van der Waals surface area contributed by atoms with Crippen LogP contribution in [0.25, 0.3) is 0 Å². The summed E-state index contributed by atoms with van der Waals surface area (Å²) in [7, 11) is 0. The first kappa shape index (κ1) is 14.0. The van der Waals surface area contributed by atoms with Crippen molar-refractivity contribution in [3.05, 3.63) is 35.4 Å². The number of halogens is 1. The number of nitrogens with one attached hydrogen (secondary N) is 2. The second kappa shape index (κ2) is 6.62. The predicted molar refractivity (Wildman–Crippen MR) is 71.3 cm³/mol. The highest BCUT2D eigenvalue weighted by Gasteiger charge is 2.21. The summed E-state index contributed by atoms with van der Waals surface area (Å²) in [6.07, 6.45) is 2.06. The first-order valence-corrected chi connectivity index (χ1v) is 5.83. The number of benzene rings is 1. The largest absolute Gasteiger partial charge is 0.351 e. The second-order valence-corrected chi connectivity index (χ2v) is 4.29. The zero-order valence-corrected chi connectivity index (χ0v) is 10.8. The monoisotopic (exact) mass is 254 g/mol. The fraction of sp³-hybridized carbons (Fsp3) is 0.462. The van der Waals surface area contributed by atoms with Crippen molar-refractivity contribution in [2.45, 2.75) is 32.4 Å². The molecule has 0 spiro atoms. The Hall–Kier alpha value is -1.06. The SMILES string of the molecule is Cc1ccccc1CNC(=O)C1CCCN1.Cl. The Morgan fingerprint density at radius 3 is 2.88 bits per heavy atom. The van der Waals surface area contributed by atoms with E-state index in [0.717, 1.165) is 19.4 Å². The topological polar surface area (TPSA) is 41.1 Å². The van der Waals surface area contributed by atoms with E-state index in [2.05, 4.69) is 29.7 Å². The number of aryl methyl sites for hydroxylation is 1. The molecular weight excluding hydrogens is 236 g/mol. The van der Waals surface area contributed by atoms with E-state index in [4.69, 9.17) is 0 Å². The van der Waals surface area contributed by atoms with Crippen molar-refractivity contribution in [2.75, 3.05) is 6.54 Å². The van der Waals surface area contributed by atoms with Crippen LogP contribution in [0.1, 0.15) is 24.0 Å². The quantitative estimate of drug-likeness (QED) is 0.864. The lowest BCUT2D eigenvalue weighted by atomic mass is 10.1. The lowest BCUT2D eigenvalue weighted by Gasteiger charge is -2.12. The lowest BCUT2D eigenvalue weighted by Crippen LogP contribution is -2.40. The Morgan fingerprint density at radius 1 is 1.47 bits per heavy atom. The number of hydrogen-bond acceptors (Lipinski definition) is 2. The maximum absolute atomic E-state index is 11.8. The van der Waals surface area contributed by atoms with Gasteiger partial charge in [-0.05, 0) is 37.4 Å². The molecule has 1 fully saturated rings. The highest BCUT2D eigenvalue weighted by atomic mass is 35.5. The molecule has 1 aromatic carbocycles. The molecule has 1 atom stereocenters. The Labute approximate surface area is 108 Å². The van der Waals surface area contributed by atoms with Crippen LogP contribution in [0.5, 0.6) is 0 Å². The fourth-order valence-corrected chi connectivity index (χ4v) is 2.02. The smallest absolute Gasteiger partial charge is 0.237 e. The maximum Gasteiger partial charge on any atom is 0.237 e. The van der Waals surface area contributed by atoms with Crippen LogP contribution in [-0.2, 0) is 11.3 Å². The third-order valence-electron chi connectivity index (χ3n) is 3.09. The summed E-state index contributed by atoms with van der Waals surface area (Å²) in [5.41, 5.74) is 2.41. The molecule has 1 aromatic rings. The average Bonchev–Trinajstić information content (AvgIpc) is 2.81. The van der Waals surface area contributed by atoms with Gasteiger partial charge in [0, 0.05) is 6.54 Å². The van der Waals surface area contributed by atoms with Gasteiger partial charge in [0.05, 0.1) is 6.04 Å². The minimum Gasteiger partial charge on any atom is -0.351 e. The lowest BCUT2D eigenvalue weighted by molar-refractivity contribution is -0.122. The summed E-state index contributed by atoms with van der Waals surface area (Å²) in [6.45, 7) is 3.65. The number of hydrogen-bond donors (Lipinski definition) is 2. The van der Waals surface area contributed by atoms with E-state index in [-0.39, 0.29) is 24.4 Å². The highest BCUT2D eigenvalue weighted by Crippen LogP contribution is 2.08. The van der Waals surface area contributed by atoms with Gasteiger partial charge < -0.3 is 10.6 Å². The minimum atomic E-state index is 0. The Kier molecular flexibility index (Phi) is 5.45. The van der Waals surface area contributed by atoms with Crippen molar-refractivity contribution in [1.29, 1.82) is 0 Å². The number of rotatable bonds is 3. The van der Waals surface area contributed by atoms with Crippen molar-refractivity contribution in [3.63, 3.8) is 0 Å². The first-order valence-electron chi connectivity index (χ1n) is 5.83. The van der Waals surface area contributed by atoms with E-state index in [1.165, 1.54) is 11.1 Å². The molecule has 0 saturated carbocycles. The summed E-state index contributed by atoms with van der Waals surface area (Å²) in [4.78, 5) is 11.8. The van der Waals surface area contributed by atoms with Gasteiger partial charge in [-0.2, -0.15) is 0 Å². The molecule has 0 radical (unpaired) electrons. The van der Waals surface area contributed by atoms with Gasteiger partial charge in [0.1, 0.15) is 0 Å². The molecule has 1 amide bonds. The summed E-state index contributed by atoms with van der Waals surface area (Å²) in [5.74, 6) is 0.126. The van der Waals surface area contributed by atoms with E-state index in [0.29, 0.717) is 6.54 Å². The van der Waals surface area contributed by atoms with Crippen LogP contribution in [0.15, 0.2) is 24.3 Å². The zero-order valence-electron chi connectivity index (χ0n) is 10.0. The van der Waals surface area contributed by atoms with Gasteiger partial charge in [-0.15, -0.1) is 12.4 Å². The van der Waals surface area contributed by atoms with E-state index in [1.54, 1.807) is 0 Å². The van der Waals surface area contributed by atoms with Crippen LogP contribution in [0, 0.1) is 6.92 Å². The van der Waals surface area contributed by atoms with Crippen LogP contribution in [0.2, 0.25) is 0 Å². The van der Waals surface area contributed by atoms with E-state index >= 15 is 0 Å². The van der Waals surface area contributed by atoms with E-state index in [1.807, 2.05) is 12.1 Å². The molecule has 2 rings (SSSR count). The van der Waals surface area contributed by atoms with Gasteiger partial charge >= 0.3 is 0 Å².